The third-order valence-electron chi connectivity index (χ3n) is 1.12. The molecule has 0 N–H and O–H groups in total. The van der Waals surface area contributed by atoms with Crippen LogP contribution in [0.15, 0.2) is 12.7 Å². The Kier molecular flexibility index (Phi) is 9.35. The van der Waals surface area contributed by atoms with Gasteiger partial charge in [0.15, 0.2) is 0 Å². The van der Waals surface area contributed by atoms with Crippen molar-refractivity contribution in [2.45, 2.75) is 19.3 Å². The second kappa shape index (κ2) is 9.18. The molecule has 0 aliphatic rings. The van der Waals surface area contributed by atoms with Crippen LogP contribution >= 0.6 is 15.9 Å². The van der Waals surface area contributed by atoms with Gasteiger partial charge in [-0.1, -0.05) is 22.0 Å². The van der Waals surface area contributed by atoms with E-state index < -0.39 is 0 Å². The number of allylic oxidation sites excluding steroid dienone is 1. The molecule has 10 heavy (non-hydrogen) atoms. The molecule has 0 radical (unpaired) electrons. The van der Waals surface area contributed by atoms with Crippen LogP contribution in [0.25, 0.3) is 0 Å². The summed E-state index contributed by atoms with van der Waals surface area (Å²) in [7, 11) is 0. The fraction of sp³-hybridized carbons (Fsp3) is 0.750. The van der Waals surface area contributed by atoms with Crippen molar-refractivity contribution in [1.29, 1.82) is 0 Å². The minimum absolute atomic E-state index is 0.874. The first-order chi connectivity index (χ1) is 4.91. The Balaban J connectivity index is 2.70. The minimum Gasteiger partial charge on any atom is -0.381 e. The number of halogens is 1. The van der Waals surface area contributed by atoms with Gasteiger partial charge < -0.3 is 4.74 Å². The molecule has 0 aromatic carbocycles. The van der Waals surface area contributed by atoms with Crippen LogP contribution in [0.4, 0.5) is 0 Å². The molecular weight excluding hydrogens is 192 g/mol. The monoisotopic (exact) mass is 206 g/mol. The van der Waals surface area contributed by atoms with Crippen LogP contribution in [-0.4, -0.2) is 18.5 Å². The topological polar surface area (TPSA) is 9.23 Å². The molecule has 0 heterocycles. The molecule has 0 fully saturated rings. The van der Waals surface area contributed by atoms with Gasteiger partial charge in [0.2, 0.25) is 0 Å². The van der Waals surface area contributed by atoms with Gasteiger partial charge in [-0.05, 0) is 19.3 Å². The van der Waals surface area contributed by atoms with Crippen LogP contribution in [0.2, 0.25) is 0 Å². The lowest BCUT2D eigenvalue weighted by atomic mass is 10.3. The second-order valence-corrected chi connectivity index (χ2v) is 2.88. The maximum absolute atomic E-state index is 5.30. The second-order valence-electron chi connectivity index (χ2n) is 2.09. The summed E-state index contributed by atoms with van der Waals surface area (Å²) < 4.78 is 5.30. The first kappa shape index (κ1) is 10.2. The Morgan fingerprint density at radius 1 is 1.30 bits per heavy atom. The highest BCUT2D eigenvalue weighted by Gasteiger charge is 1.85. The molecule has 0 aliphatic carbocycles. The number of unbranched alkanes of at least 4 members (excludes halogenated alkanes) is 1. The lowest BCUT2D eigenvalue weighted by Gasteiger charge is -1.99. The Morgan fingerprint density at radius 3 is 2.60 bits per heavy atom. The molecule has 0 unspecified atom stereocenters. The molecule has 0 saturated heterocycles. The summed E-state index contributed by atoms with van der Waals surface area (Å²) in [6.45, 7) is 5.38. The summed E-state index contributed by atoms with van der Waals surface area (Å²) in [5.41, 5.74) is 0. The summed E-state index contributed by atoms with van der Waals surface area (Å²) in [6.07, 6.45) is 5.20. The van der Waals surface area contributed by atoms with Gasteiger partial charge in [0.05, 0.1) is 0 Å². The standard InChI is InChI=1S/C8H15BrO/c1-2-3-4-7-10-8-5-6-9/h2H,1,3-8H2. The van der Waals surface area contributed by atoms with E-state index in [1.165, 1.54) is 0 Å². The van der Waals surface area contributed by atoms with Crippen LogP contribution in [0.5, 0.6) is 0 Å². The number of ether oxygens (including phenoxy) is 1. The normalized spacial score (nSPS) is 9.70. The number of rotatable bonds is 7. The van der Waals surface area contributed by atoms with Gasteiger partial charge in [-0.15, -0.1) is 6.58 Å². The third kappa shape index (κ3) is 8.18. The van der Waals surface area contributed by atoms with Crippen molar-refractivity contribution in [3.05, 3.63) is 12.7 Å². The summed E-state index contributed by atoms with van der Waals surface area (Å²) in [6, 6.07) is 0. The van der Waals surface area contributed by atoms with Crippen LogP contribution in [-0.2, 0) is 4.74 Å². The van der Waals surface area contributed by atoms with E-state index in [9.17, 15) is 0 Å². The molecule has 60 valence electrons. The van der Waals surface area contributed by atoms with Crippen LogP contribution in [0, 0.1) is 0 Å². The Labute approximate surface area is 71.6 Å². The zero-order valence-corrected chi connectivity index (χ0v) is 7.90. The minimum atomic E-state index is 0.874. The van der Waals surface area contributed by atoms with Crippen molar-refractivity contribution in [1.82, 2.24) is 0 Å². The van der Waals surface area contributed by atoms with E-state index in [1.54, 1.807) is 0 Å². The molecule has 0 aliphatic heterocycles. The molecule has 1 nitrogen and oxygen atoms in total. The predicted octanol–water partition coefficient (Wildman–Crippen LogP) is 2.75. The highest BCUT2D eigenvalue weighted by molar-refractivity contribution is 9.09. The van der Waals surface area contributed by atoms with Crippen molar-refractivity contribution in [2.24, 2.45) is 0 Å². The Morgan fingerprint density at radius 2 is 2.00 bits per heavy atom. The average Bonchev–Trinajstić information content (AvgIpc) is 1.97. The van der Waals surface area contributed by atoms with Crippen molar-refractivity contribution in [2.75, 3.05) is 18.5 Å². The van der Waals surface area contributed by atoms with Gasteiger partial charge in [0.25, 0.3) is 0 Å². The predicted molar refractivity (Wildman–Crippen MR) is 48.7 cm³/mol. The highest BCUT2D eigenvalue weighted by atomic mass is 79.9. The lowest BCUT2D eigenvalue weighted by molar-refractivity contribution is 0.134. The van der Waals surface area contributed by atoms with Crippen LogP contribution in [0.3, 0.4) is 0 Å². The number of hydrogen-bond acceptors (Lipinski definition) is 1. The molecule has 0 saturated carbocycles. The van der Waals surface area contributed by atoms with E-state index in [-0.39, 0.29) is 0 Å². The highest BCUT2D eigenvalue weighted by Crippen LogP contribution is 1.93. The molecule has 0 aromatic rings. The molecule has 0 spiro atoms. The number of hydrogen-bond donors (Lipinski definition) is 0. The van der Waals surface area contributed by atoms with E-state index in [2.05, 4.69) is 22.5 Å². The van der Waals surface area contributed by atoms with Crippen molar-refractivity contribution >= 4 is 15.9 Å². The maximum Gasteiger partial charge on any atom is 0.0474 e. The molecule has 0 amide bonds. The van der Waals surface area contributed by atoms with E-state index in [1.807, 2.05) is 6.08 Å². The van der Waals surface area contributed by atoms with Gasteiger partial charge in [-0.2, -0.15) is 0 Å². The van der Waals surface area contributed by atoms with Crippen molar-refractivity contribution in [3.8, 4) is 0 Å². The van der Waals surface area contributed by atoms with E-state index in [0.29, 0.717) is 0 Å². The molecular formula is C8H15BrO. The maximum atomic E-state index is 5.30. The first-order valence-electron chi connectivity index (χ1n) is 3.66. The van der Waals surface area contributed by atoms with E-state index in [0.717, 1.165) is 37.8 Å². The summed E-state index contributed by atoms with van der Waals surface area (Å²) in [4.78, 5) is 0. The smallest absolute Gasteiger partial charge is 0.0474 e. The quantitative estimate of drug-likeness (QED) is 0.354. The van der Waals surface area contributed by atoms with Crippen molar-refractivity contribution in [3.63, 3.8) is 0 Å². The van der Waals surface area contributed by atoms with Crippen molar-refractivity contribution < 1.29 is 4.74 Å². The van der Waals surface area contributed by atoms with Gasteiger partial charge in [-0.3, -0.25) is 0 Å². The molecule has 0 bridgehead atoms. The largest absolute Gasteiger partial charge is 0.381 e. The van der Waals surface area contributed by atoms with E-state index >= 15 is 0 Å². The summed E-state index contributed by atoms with van der Waals surface area (Å²) in [5.74, 6) is 0. The molecule has 0 rings (SSSR count). The van der Waals surface area contributed by atoms with Crippen LogP contribution in [0.1, 0.15) is 19.3 Å². The van der Waals surface area contributed by atoms with Gasteiger partial charge >= 0.3 is 0 Å². The zero-order valence-electron chi connectivity index (χ0n) is 6.31. The molecule has 2 heteroatoms. The molecule has 0 aromatic heterocycles. The fourth-order valence-electron chi connectivity index (χ4n) is 0.588. The van der Waals surface area contributed by atoms with Gasteiger partial charge in [-0.25, -0.2) is 0 Å². The number of alkyl halides is 1. The van der Waals surface area contributed by atoms with E-state index in [4.69, 9.17) is 4.74 Å². The van der Waals surface area contributed by atoms with Gasteiger partial charge in [0, 0.05) is 18.5 Å². The Bertz CT molecular complexity index is 73.7. The summed E-state index contributed by atoms with van der Waals surface area (Å²) >= 11 is 3.34. The fourth-order valence-corrected chi connectivity index (χ4v) is 0.817. The Hall–Kier alpha value is 0.180. The van der Waals surface area contributed by atoms with Gasteiger partial charge in [0.1, 0.15) is 0 Å². The summed E-state index contributed by atoms with van der Waals surface area (Å²) in [5, 5.41) is 1.04. The lowest BCUT2D eigenvalue weighted by Crippen LogP contribution is -1.96. The van der Waals surface area contributed by atoms with Crippen LogP contribution < -0.4 is 0 Å². The SMILES string of the molecule is C=CCCCOCCCBr. The third-order valence-corrected chi connectivity index (χ3v) is 1.68. The zero-order chi connectivity index (χ0) is 7.66. The average molecular weight is 207 g/mol. The molecule has 0 atom stereocenters. The first-order valence-corrected chi connectivity index (χ1v) is 4.78.